The highest BCUT2D eigenvalue weighted by molar-refractivity contribution is 5.94. The lowest BCUT2D eigenvalue weighted by molar-refractivity contribution is 0.0951. The Labute approximate surface area is 189 Å². The molecular formula is C24H33FN6O. The molecule has 2 N–H and O–H groups in total. The van der Waals surface area contributed by atoms with Gasteiger partial charge in [0.25, 0.3) is 5.91 Å². The maximum atomic E-state index is 13.2. The number of guanidine groups is 1. The summed E-state index contributed by atoms with van der Waals surface area (Å²) in [6, 6.07) is 14.3. The van der Waals surface area contributed by atoms with Crippen molar-refractivity contribution in [3.05, 3.63) is 65.5 Å². The van der Waals surface area contributed by atoms with Crippen LogP contribution in [0, 0.1) is 5.82 Å². The van der Waals surface area contributed by atoms with Crippen molar-refractivity contribution in [1.29, 1.82) is 0 Å². The zero-order valence-electron chi connectivity index (χ0n) is 19.1. The van der Waals surface area contributed by atoms with E-state index in [-0.39, 0.29) is 11.7 Å². The van der Waals surface area contributed by atoms with Crippen molar-refractivity contribution < 1.29 is 9.18 Å². The quantitative estimate of drug-likeness (QED) is 0.510. The summed E-state index contributed by atoms with van der Waals surface area (Å²) < 4.78 is 13.2. The third-order valence-electron chi connectivity index (χ3n) is 5.47. The number of nitrogens with zero attached hydrogens (tertiary/aromatic N) is 4. The highest BCUT2D eigenvalue weighted by Crippen LogP contribution is 2.17. The van der Waals surface area contributed by atoms with E-state index in [0.717, 1.165) is 49.9 Å². The van der Waals surface area contributed by atoms with E-state index in [1.807, 2.05) is 55.4 Å². The van der Waals surface area contributed by atoms with Crippen molar-refractivity contribution in [1.82, 2.24) is 20.4 Å². The van der Waals surface area contributed by atoms with Crippen LogP contribution in [0.4, 0.5) is 10.1 Å². The molecule has 2 aromatic carbocycles. The molecule has 0 unspecified atom stereocenters. The number of rotatable bonds is 7. The monoisotopic (exact) mass is 440 g/mol. The van der Waals surface area contributed by atoms with E-state index in [2.05, 4.69) is 25.4 Å². The lowest BCUT2D eigenvalue weighted by atomic mass is 10.1. The molecule has 1 saturated heterocycles. The molecule has 32 heavy (non-hydrogen) atoms. The number of hydrogen-bond acceptors (Lipinski definition) is 4. The lowest BCUT2D eigenvalue weighted by Crippen LogP contribution is -2.52. The number of benzene rings is 2. The second-order valence-electron chi connectivity index (χ2n) is 8.11. The molecule has 3 rings (SSSR count). The van der Waals surface area contributed by atoms with Gasteiger partial charge in [-0.15, -0.1) is 0 Å². The van der Waals surface area contributed by atoms with Crippen molar-refractivity contribution in [3.63, 3.8) is 0 Å². The van der Waals surface area contributed by atoms with Gasteiger partial charge in [-0.1, -0.05) is 12.1 Å². The van der Waals surface area contributed by atoms with Crippen LogP contribution in [0.2, 0.25) is 0 Å². The number of hydrogen-bond donors (Lipinski definition) is 2. The molecule has 0 bridgehead atoms. The predicted octanol–water partition coefficient (Wildman–Crippen LogP) is 2.01. The van der Waals surface area contributed by atoms with Crippen LogP contribution in [0.25, 0.3) is 0 Å². The Bertz CT molecular complexity index is 907. The van der Waals surface area contributed by atoms with Crippen LogP contribution in [-0.2, 0) is 6.54 Å². The van der Waals surface area contributed by atoms with Crippen molar-refractivity contribution in [2.45, 2.75) is 6.54 Å². The van der Waals surface area contributed by atoms with Crippen LogP contribution in [0.1, 0.15) is 15.9 Å². The van der Waals surface area contributed by atoms with Gasteiger partial charge in [0.1, 0.15) is 5.82 Å². The largest absolute Gasteiger partial charge is 0.368 e. The highest BCUT2D eigenvalue weighted by atomic mass is 19.1. The first-order valence-electron chi connectivity index (χ1n) is 10.9. The fourth-order valence-electron chi connectivity index (χ4n) is 3.66. The van der Waals surface area contributed by atoms with Gasteiger partial charge in [-0.25, -0.2) is 4.39 Å². The van der Waals surface area contributed by atoms with Crippen molar-refractivity contribution in [2.75, 3.05) is 65.3 Å². The molecular weight excluding hydrogens is 407 g/mol. The number of aliphatic imine (C=N–C) groups is 1. The van der Waals surface area contributed by atoms with Gasteiger partial charge in [0.05, 0.1) is 0 Å². The van der Waals surface area contributed by atoms with Crippen LogP contribution in [-0.4, -0.2) is 82.1 Å². The molecule has 0 aromatic heterocycles. The number of likely N-dealkylation sites (N-methyl/N-ethyl adjacent to an activating group) is 1. The Balaban J connectivity index is 1.50. The Kier molecular flexibility index (Phi) is 8.44. The SMILES string of the molecule is CN=C(NCc1cccc(C(=O)NCCN(C)C)c1)N1CCN(c2ccc(F)cc2)CC1. The standard InChI is InChI=1S/C24H33FN6O/c1-26-24(31-15-13-30(14-16-31)22-9-7-21(25)8-10-22)28-18-19-5-4-6-20(17-19)23(32)27-11-12-29(2)3/h4-10,17H,11-16,18H2,1-3H3,(H,26,28)(H,27,32). The zero-order valence-corrected chi connectivity index (χ0v) is 19.1. The van der Waals surface area contributed by atoms with E-state index in [4.69, 9.17) is 0 Å². The molecule has 7 nitrogen and oxygen atoms in total. The van der Waals surface area contributed by atoms with Gasteiger partial charge in [-0.2, -0.15) is 0 Å². The Morgan fingerprint density at radius 3 is 2.44 bits per heavy atom. The second-order valence-corrected chi connectivity index (χ2v) is 8.11. The minimum absolute atomic E-state index is 0.0602. The molecule has 0 saturated carbocycles. The van der Waals surface area contributed by atoms with Crippen LogP contribution in [0.15, 0.2) is 53.5 Å². The van der Waals surface area contributed by atoms with Crippen LogP contribution in [0.3, 0.4) is 0 Å². The Morgan fingerprint density at radius 1 is 1.06 bits per heavy atom. The van der Waals surface area contributed by atoms with Gasteiger partial charge in [0.2, 0.25) is 0 Å². The fourth-order valence-corrected chi connectivity index (χ4v) is 3.66. The number of carbonyl (C=O) groups is 1. The molecule has 1 amide bonds. The molecule has 0 aliphatic carbocycles. The number of halogens is 1. The number of nitrogens with one attached hydrogen (secondary N) is 2. The Morgan fingerprint density at radius 2 is 1.78 bits per heavy atom. The van der Waals surface area contributed by atoms with Crippen LogP contribution in [0.5, 0.6) is 0 Å². The molecule has 0 atom stereocenters. The molecule has 0 spiro atoms. The summed E-state index contributed by atoms with van der Waals surface area (Å²) in [6.45, 7) is 5.34. The summed E-state index contributed by atoms with van der Waals surface area (Å²) in [6.07, 6.45) is 0. The molecule has 1 fully saturated rings. The number of piperazine rings is 1. The molecule has 1 heterocycles. The minimum atomic E-state index is -0.216. The van der Waals surface area contributed by atoms with E-state index in [9.17, 15) is 9.18 Å². The number of amides is 1. The third-order valence-corrected chi connectivity index (χ3v) is 5.47. The second kappa shape index (κ2) is 11.5. The van der Waals surface area contributed by atoms with Gasteiger partial charge in [-0.3, -0.25) is 9.79 Å². The average Bonchev–Trinajstić information content (AvgIpc) is 2.80. The fraction of sp³-hybridized carbons (Fsp3) is 0.417. The summed E-state index contributed by atoms with van der Waals surface area (Å²) in [4.78, 5) is 23.3. The maximum absolute atomic E-state index is 13.2. The van der Waals surface area contributed by atoms with E-state index >= 15 is 0 Å². The van der Waals surface area contributed by atoms with Crippen LogP contribution >= 0.6 is 0 Å². The van der Waals surface area contributed by atoms with Gasteiger partial charge < -0.3 is 25.3 Å². The van der Waals surface area contributed by atoms with Crippen molar-refractivity contribution in [3.8, 4) is 0 Å². The van der Waals surface area contributed by atoms with E-state index in [1.54, 1.807) is 7.05 Å². The maximum Gasteiger partial charge on any atom is 0.251 e. The first-order valence-corrected chi connectivity index (χ1v) is 10.9. The first kappa shape index (κ1) is 23.5. The molecule has 8 heteroatoms. The van der Waals surface area contributed by atoms with Crippen molar-refractivity contribution >= 4 is 17.6 Å². The first-order chi connectivity index (χ1) is 15.5. The lowest BCUT2D eigenvalue weighted by Gasteiger charge is -2.37. The van der Waals surface area contributed by atoms with Crippen LogP contribution < -0.4 is 15.5 Å². The zero-order chi connectivity index (χ0) is 22.9. The predicted molar refractivity (Wildman–Crippen MR) is 128 cm³/mol. The molecule has 1 aliphatic rings. The number of carbonyl (C=O) groups excluding carboxylic acids is 1. The summed E-state index contributed by atoms with van der Waals surface area (Å²) in [7, 11) is 5.74. The van der Waals surface area contributed by atoms with E-state index in [1.165, 1.54) is 12.1 Å². The topological polar surface area (TPSA) is 63.2 Å². The summed E-state index contributed by atoms with van der Waals surface area (Å²) in [5, 5.41) is 6.36. The normalized spacial score (nSPS) is 14.6. The van der Waals surface area contributed by atoms with Gasteiger partial charge >= 0.3 is 0 Å². The van der Waals surface area contributed by atoms with E-state index < -0.39 is 0 Å². The molecule has 172 valence electrons. The summed E-state index contributed by atoms with van der Waals surface area (Å²) >= 11 is 0. The summed E-state index contributed by atoms with van der Waals surface area (Å²) in [5.74, 6) is 0.562. The number of anilines is 1. The van der Waals surface area contributed by atoms with Crippen molar-refractivity contribution in [2.24, 2.45) is 4.99 Å². The minimum Gasteiger partial charge on any atom is -0.368 e. The van der Waals surface area contributed by atoms with Gasteiger partial charge in [0.15, 0.2) is 5.96 Å². The molecule has 1 aliphatic heterocycles. The Hall–Kier alpha value is -3.13. The van der Waals surface area contributed by atoms with Gasteiger partial charge in [-0.05, 0) is 56.1 Å². The van der Waals surface area contributed by atoms with E-state index in [0.29, 0.717) is 18.7 Å². The average molecular weight is 441 g/mol. The summed E-state index contributed by atoms with van der Waals surface area (Å²) in [5.41, 5.74) is 2.72. The molecule has 2 aromatic rings. The smallest absolute Gasteiger partial charge is 0.251 e. The van der Waals surface area contributed by atoms with Gasteiger partial charge in [0, 0.05) is 64.1 Å². The highest BCUT2D eigenvalue weighted by Gasteiger charge is 2.20. The molecule has 0 radical (unpaired) electrons. The third kappa shape index (κ3) is 6.68.